The SMILES string of the molecule is CC(C)(C)OC(=O)NC(CCCNC(N)=S)C(=O)OC(C)(C)C. The Morgan fingerprint density at radius 2 is 1.61 bits per heavy atom. The van der Waals surface area contributed by atoms with Crippen LogP contribution in [0.2, 0.25) is 0 Å². The van der Waals surface area contributed by atoms with Crippen molar-refractivity contribution in [3.63, 3.8) is 0 Å². The van der Waals surface area contributed by atoms with Crippen molar-refractivity contribution >= 4 is 29.4 Å². The van der Waals surface area contributed by atoms with Crippen LogP contribution in [0.3, 0.4) is 0 Å². The number of carbonyl (C=O) groups excluding carboxylic acids is 2. The molecule has 0 aliphatic rings. The van der Waals surface area contributed by atoms with Gasteiger partial charge in [-0.1, -0.05) is 0 Å². The molecule has 1 amide bonds. The average molecular weight is 347 g/mol. The molecule has 0 heterocycles. The summed E-state index contributed by atoms with van der Waals surface area (Å²) in [6.07, 6.45) is 0.302. The highest BCUT2D eigenvalue weighted by molar-refractivity contribution is 7.80. The molecule has 0 aliphatic carbocycles. The monoisotopic (exact) mass is 347 g/mol. The van der Waals surface area contributed by atoms with Crippen LogP contribution in [0, 0.1) is 0 Å². The number of rotatable bonds is 6. The van der Waals surface area contributed by atoms with Crippen LogP contribution in [0.25, 0.3) is 0 Å². The van der Waals surface area contributed by atoms with Gasteiger partial charge in [0.1, 0.15) is 17.2 Å². The van der Waals surface area contributed by atoms with E-state index in [9.17, 15) is 9.59 Å². The Morgan fingerprint density at radius 3 is 2.04 bits per heavy atom. The second-order valence-electron chi connectivity index (χ2n) is 7.17. The fourth-order valence-electron chi connectivity index (χ4n) is 1.59. The molecule has 0 aromatic rings. The number of hydrogen-bond donors (Lipinski definition) is 3. The zero-order valence-electron chi connectivity index (χ0n) is 14.8. The van der Waals surface area contributed by atoms with Crippen LogP contribution < -0.4 is 16.4 Å². The van der Waals surface area contributed by atoms with Crippen LogP contribution in [-0.2, 0) is 14.3 Å². The Morgan fingerprint density at radius 1 is 1.09 bits per heavy atom. The number of esters is 1. The first-order valence-electron chi connectivity index (χ1n) is 7.56. The van der Waals surface area contributed by atoms with Gasteiger partial charge in [0, 0.05) is 6.54 Å². The highest BCUT2D eigenvalue weighted by Gasteiger charge is 2.28. The van der Waals surface area contributed by atoms with Crippen molar-refractivity contribution in [2.75, 3.05) is 6.54 Å². The summed E-state index contributed by atoms with van der Waals surface area (Å²) < 4.78 is 10.5. The van der Waals surface area contributed by atoms with E-state index >= 15 is 0 Å². The van der Waals surface area contributed by atoms with Crippen LogP contribution in [0.15, 0.2) is 0 Å². The summed E-state index contributed by atoms with van der Waals surface area (Å²) in [6, 6.07) is -0.794. The molecule has 134 valence electrons. The van der Waals surface area contributed by atoms with Gasteiger partial charge in [0.2, 0.25) is 0 Å². The lowest BCUT2D eigenvalue weighted by Gasteiger charge is -2.26. The van der Waals surface area contributed by atoms with Gasteiger partial charge in [-0.05, 0) is 66.6 Å². The fraction of sp³-hybridized carbons (Fsp3) is 0.800. The van der Waals surface area contributed by atoms with Gasteiger partial charge < -0.3 is 25.8 Å². The van der Waals surface area contributed by atoms with E-state index in [-0.39, 0.29) is 5.11 Å². The first-order valence-corrected chi connectivity index (χ1v) is 7.96. The average Bonchev–Trinajstić information content (AvgIpc) is 2.27. The molecule has 0 bridgehead atoms. The van der Waals surface area contributed by atoms with E-state index < -0.39 is 29.3 Å². The maximum Gasteiger partial charge on any atom is 0.408 e. The highest BCUT2D eigenvalue weighted by atomic mass is 32.1. The Bertz CT molecular complexity index is 427. The summed E-state index contributed by atoms with van der Waals surface area (Å²) in [5.41, 5.74) is 4.06. The van der Waals surface area contributed by atoms with Gasteiger partial charge in [0.15, 0.2) is 5.11 Å². The second-order valence-corrected chi connectivity index (χ2v) is 7.61. The maximum absolute atomic E-state index is 12.2. The molecule has 0 aromatic carbocycles. The lowest BCUT2D eigenvalue weighted by Crippen LogP contribution is -2.46. The Labute approximate surface area is 143 Å². The molecule has 0 saturated carbocycles. The quantitative estimate of drug-likeness (QED) is 0.383. The number of carbonyl (C=O) groups is 2. The van der Waals surface area contributed by atoms with Crippen molar-refractivity contribution in [3.05, 3.63) is 0 Å². The van der Waals surface area contributed by atoms with Crippen molar-refractivity contribution in [2.45, 2.75) is 71.6 Å². The van der Waals surface area contributed by atoms with Crippen molar-refractivity contribution in [3.8, 4) is 0 Å². The number of nitrogens with one attached hydrogen (secondary N) is 2. The summed E-state index contributed by atoms with van der Waals surface area (Å²) in [7, 11) is 0. The molecule has 7 nitrogen and oxygen atoms in total. The van der Waals surface area contributed by atoms with Crippen LogP contribution >= 0.6 is 12.2 Å². The maximum atomic E-state index is 12.2. The molecule has 0 aliphatic heterocycles. The van der Waals surface area contributed by atoms with E-state index in [1.807, 2.05) is 0 Å². The van der Waals surface area contributed by atoms with Gasteiger partial charge in [-0.2, -0.15) is 0 Å². The van der Waals surface area contributed by atoms with Crippen molar-refractivity contribution < 1.29 is 19.1 Å². The first kappa shape index (κ1) is 21.4. The minimum atomic E-state index is -0.794. The molecule has 0 radical (unpaired) electrons. The number of thiocarbonyl (C=S) groups is 1. The Hall–Kier alpha value is -1.57. The molecule has 0 spiro atoms. The van der Waals surface area contributed by atoms with Crippen LogP contribution in [0.4, 0.5) is 4.79 Å². The summed E-state index contributed by atoms with van der Waals surface area (Å²) in [5.74, 6) is -0.501. The first-order chi connectivity index (χ1) is 10.3. The van der Waals surface area contributed by atoms with Crippen LogP contribution in [-0.4, -0.2) is 41.0 Å². The molecule has 0 rings (SSSR count). The van der Waals surface area contributed by atoms with Gasteiger partial charge in [-0.15, -0.1) is 0 Å². The summed E-state index contributed by atoms with van der Waals surface area (Å²) >= 11 is 4.71. The predicted octanol–water partition coefficient (Wildman–Crippen LogP) is 1.83. The number of hydrogen-bond acceptors (Lipinski definition) is 5. The number of alkyl carbamates (subject to hydrolysis) is 1. The largest absolute Gasteiger partial charge is 0.458 e. The summed E-state index contributed by atoms with van der Waals surface area (Å²) in [4.78, 5) is 24.1. The van der Waals surface area contributed by atoms with Gasteiger partial charge >= 0.3 is 12.1 Å². The Balaban J connectivity index is 4.69. The number of nitrogens with two attached hydrogens (primary N) is 1. The third-order valence-corrected chi connectivity index (χ3v) is 2.50. The van der Waals surface area contributed by atoms with E-state index in [0.29, 0.717) is 19.4 Å². The normalized spacial score (nSPS) is 13.0. The number of amides is 1. The molecule has 4 N–H and O–H groups in total. The predicted molar refractivity (Wildman–Crippen MR) is 93.0 cm³/mol. The molecular formula is C15H29N3O4S. The van der Waals surface area contributed by atoms with Gasteiger partial charge in [-0.25, -0.2) is 9.59 Å². The van der Waals surface area contributed by atoms with E-state index in [1.54, 1.807) is 41.5 Å². The molecule has 0 aromatic heterocycles. The van der Waals surface area contributed by atoms with Crippen LogP contribution in [0.5, 0.6) is 0 Å². The highest BCUT2D eigenvalue weighted by Crippen LogP contribution is 2.12. The molecule has 1 unspecified atom stereocenters. The minimum absolute atomic E-state index is 0.193. The van der Waals surface area contributed by atoms with Crippen LogP contribution in [0.1, 0.15) is 54.4 Å². The molecule has 1 atom stereocenters. The van der Waals surface area contributed by atoms with E-state index in [0.717, 1.165) is 0 Å². The fourth-order valence-corrected chi connectivity index (χ4v) is 1.69. The van der Waals surface area contributed by atoms with Gasteiger partial charge in [0.25, 0.3) is 0 Å². The molecular weight excluding hydrogens is 318 g/mol. The van der Waals surface area contributed by atoms with Gasteiger partial charge in [0.05, 0.1) is 0 Å². The van der Waals surface area contributed by atoms with E-state index in [4.69, 9.17) is 27.4 Å². The topological polar surface area (TPSA) is 103 Å². The van der Waals surface area contributed by atoms with Gasteiger partial charge in [-0.3, -0.25) is 0 Å². The lowest BCUT2D eigenvalue weighted by molar-refractivity contribution is -0.157. The molecule has 8 heteroatoms. The molecule has 0 fully saturated rings. The minimum Gasteiger partial charge on any atom is -0.458 e. The molecule has 23 heavy (non-hydrogen) atoms. The van der Waals surface area contributed by atoms with Crippen molar-refractivity contribution in [2.24, 2.45) is 5.73 Å². The lowest BCUT2D eigenvalue weighted by atomic mass is 10.1. The summed E-state index contributed by atoms with van der Waals surface area (Å²) in [5, 5.41) is 5.54. The zero-order valence-corrected chi connectivity index (χ0v) is 15.6. The van der Waals surface area contributed by atoms with E-state index in [2.05, 4.69) is 10.6 Å². The van der Waals surface area contributed by atoms with E-state index in [1.165, 1.54) is 0 Å². The third kappa shape index (κ3) is 12.6. The number of ether oxygens (including phenoxy) is 2. The standard InChI is InChI=1S/C15H29N3O4S/c1-14(2,3)21-11(19)10(8-7-9-17-12(16)23)18-13(20)22-15(4,5)6/h10H,7-9H2,1-6H3,(H,18,20)(H3,16,17,23). The second kappa shape index (κ2) is 8.90. The van der Waals surface area contributed by atoms with Crippen molar-refractivity contribution in [1.82, 2.24) is 10.6 Å². The summed E-state index contributed by atoms with van der Waals surface area (Å²) in [6.45, 7) is 11.1. The smallest absolute Gasteiger partial charge is 0.408 e. The third-order valence-electron chi connectivity index (χ3n) is 2.35. The molecule has 0 saturated heterocycles. The zero-order chi connectivity index (χ0) is 18.3. The van der Waals surface area contributed by atoms with Crippen molar-refractivity contribution in [1.29, 1.82) is 0 Å². The Kier molecular flexibility index (Phi) is 8.30.